The first-order valence-electron chi connectivity index (χ1n) is 4.21. The highest BCUT2D eigenvalue weighted by atomic mass is 32.2. The van der Waals surface area contributed by atoms with Crippen LogP contribution in [0.4, 0.5) is 0 Å². The molecule has 1 aliphatic heterocycles. The molecule has 0 aromatic carbocycles. The van der Waals surface area contributed by atoms with E-state index < -0.39 is 5.97 Å². The third kappa shape index (κ3) is 2.38. The van der Waals surface area contributed by atoms with Gasteiger partial charge in [0.05, 0.1) is 17.8 Å². The Hall–Kier alpha value is -0.220. The van der Waals surface area contributed by atoms with Crippen molar-refractivity contribution in [1.82, 2.24) is 0 Å². The molecule has 1 aliphatic rings. The van der Waals surface area contributed by atoms with Crippen molar-refractivity contribution in [2.24, 2.45) is 0 Å². The fourth-order valence-electron chi connectivity index (χ4n) is 1.42. The smallest absolute Gasteiger partial charge is 0.304 e. The molecule has 0 radical (unpaired) electrons. The van der Waals surface area contributed by atoms with E-state index in [0.717, 1.165) is 25.9 Å². The molecule has 0 spiro atoms. The Balaban J connectivity index is 2.53. The second-order valence-corrected chi connectivity index (χ2v) is 4.38. The molecule has 1 unspecified atom stereocenters. The number of hydrogen-bond acceptors (Lipinski definition) is 3. The molecule has 1 atom stereocenters. The van der Waals surface area contributed by atoms with E-state index in [2.05, 4.69) is 0 Å². The van der Waals surface area contributed by atoms with Gasteiger partial charge in [0.25, 0.3) is 0 Å². The molecule has 1 N–H and O–H groups in total. The van der Waals surface area contributed by atoms with Gasteiger partial charge in [-0.3, -0.25) is 4.79 Å². The molecule has 3 nitrogen and oxygen atoms in total. The van der Waals surface area contributed by atoms with E-state index in [1.807, 2.05) is 6.92 Å². The van der Waals surface area contributed by atoms with Crippen LogP contribution in [0.3, 0.4) is 0 Å². The Bertz CT molecular complexity index is 164. The second kappa shape index (κ2) is 4.14. The average molecular weight is 190 g/mol. The van der Waals surface area contributed by atoms with Crippen LogP contribution in [0.1, 0.15) is 32.6 Å². The fraction of sp³-hybridized carbons (Fsp3) is 0.875. The zero-order valence-electron chi connectivity index (χ0n) is 7.21. The molecule has 1 heterocycles. The summed E-state index contributed by atoms with van der Waals surface area (Å²) in [6.45, 7) is 2.77. The van der Waals surface area contributed by atoms with Gasteiger partial charge in [0.1, 0.15) is 0 Å². The third-order valence-electron chi connectivity index (χ3n) is 2.21. The Kier molecular flexibility index (Phi) is 3.40. The summed E-state index contributed by atoms with van der Waals surface area (Å²) in [6, 6.07) is 0. The molecule has 0 saturated carbocycles. The minimum Gasteiger partial charge on any atom is -0.481 e. The molecule has 1 fully saturated rings. The zero-order valence-corrected chi connectivity index (χ0v) is 8.02. The van der Waals surface area contributed by atoms with Crippen LogP contribution in [0.5, 0.6) is 0 Å². The lowest BCUT2D eigenvalue weighted by molar-refractivity contribution is -0.137. The van der Waals surface area contributed by atoms with Crippen molar-refractivity contribution in [3.63, 3.8) is 0 Å². The summed E-state index contributed by atoms with van der Waals surface area (Å²) in [5.74, 6) is -0.727. The lowest BCUT2D eigenvalue weighted by Crippen LogP contribution is -2.31. The molecule has 70 valence electrons. The van der Waals surface area contributed by atoms with E-state index >= 15 is 0 Å². The van der Waals surface area contributed by atoms with Crippen LogP contribution >= 0.6 is 12.0 Å². The average Bonchev–Trinajstić information content (AvgIpc) is 2.05. The molecule has 12 heavy (non-hydrogen) atoms. The van der Waals surface area contributed by atoms with Crippen LogP contribution in [0.25, 0.3) is 0 Å². The van der Waals surface area contributed by atoms with E-state index in [1.165, 1.54) is 12.0 Å². The van der Waals surface area contributed by atoms with Crippen LogP contribution < -0.4 is 0 Å². The van der Waals surface area contributed by atoms with Crippen molar-refractivity contribution >= 4 is 18.0 Å². The van der Waals surface area contributed by atoms with Crippen molar-refractivity contribution in [2.45, 2.75) is 37.4 Å². The van der Waals surface area contributed by atoms with Crippen molar-refractivity contribution < 1.29 is 14.1 Å². The van der Waals surface area contributed by atoms with Crippen molar-refractivity contribution in [3.05, 3.63) is 0 Å². The molecular weight excluding hydrogens is 176 g/mol. The van der Waals surface area contributed by atoms with E-state index in [0.29, 0.717) is 0 Å². The number of rotatable bonds is 3. The summed E-state index contributed by atoms with van der Waals surface area (Å²) < 4.78 is 5.07. The maximum atomic E-state index is 10.6. The summed E-state index contributed by atoms with van der Waals surface area (Å²) in [7, 11) is 0. The maximum Gasteiger partial charge on any atom is 0.304 e. The van der Waals surface area contributed by atoms with Crippen LogP contribution in [0.2, 0.25) is 0 Å². The van der Waals surface area contributed by atoms with Gasteiger partial charge < -0.3 is 9.29 Å². The van der Waals surface area contributed by atoms with Gasteiger partial charge in [0.2, 0.25) is 0 Å². The summed E-state index contributed by atoms with van der Waals surface area (Å²) in [5.41, 5.74) is 0. The van der Waals surface area contributed by atoms with Crippen molar-refractivity contribution in [3.8, 4) is 0 Å². The Morgan fingerprint density at radius 1 is 1.75 bits per heavy atom. The van der Waals surface area contributed by atoms with Gasteiger partial charge in [-0.05, 0) is 31.3 Å². The standard InChI is InChI=1S/C8H14O3S/c1-2-8(6-7(9)10)4-3-5-11-12-8/h2-6H2,1H3,(H,9,10). The highest BCUT2D eigenvalue weighted by molar-refractivity contribution is 7.96. The predicted octanol–water partition coefficient (Wildman–Crippen LogP) is 2.07. The van der Waals surface area contributed by atoms with Crippen molar-refractivity contribution in [2.75, 3.05) is 6.61 Å². The Morgan fingerprint density at radius 2 is 2.50 bits per heavy atom. The van der Waals surface area contributed by atoms with Gasteiger partial charge >= 0.3 is 5.97 Å². The second-order valence-electron chi connectivity index (χ2n) is 3.12. The fourth-order valence-corrected chi connectivity index (χ4v) is 2.39. The first-order chi connectivity index (χ1) is 5.68. The minimum atomic E-state index is -0.727. The van der Waals surface area contributed by atoms with Crippen molar-refractivity contribution in [1.29, 1.82) is 0 Å². The van der Waals surface area contributed by atoms with E-state index in [-0.39, 0.29) is 11.2 Å². The van der Waals surface area contributed by atoms with E-state index in [4.69, 9.17) is 9.29 Å². The molecule has 4 heteroatoms. The summed E-state index contributed by atoms with van der Waals surface area (Å²) in [4.78, 5) is 10.6. The molecule has 0 bridgehead atoms. The number of carbonyl (C=O) groups is 1. The molecule has 1 saturated heterocycles. The van der Waals surface area contributed by atoms with Gasteiger partial charge in [-0.15, -0.1) is 0 Å². The normalized spacial score (nSPS) is 30.1. The lowest BCUT2D eigenvalue weighted by atomic mass is 9.95. The van der Waals surface area contributed by atoms with E-state index in [9.17, 15) is 4.79 Å². The molecule has 0 aliphatic carbocycles. The van der Waals surface area contributed by atoms with Gasteiger partial charge in [0.15, 0.2) is 0 Å². The Morgan fingerprint density at radius 3 is 2.92 bits per heavy atom. The maximum absolute atomic E-state index is 10.6. The largest absolute Gasteiger partial charge is 0.481 e. The highest BCUT2D eigenvalue weighted by Gasteiger charge is 2.34. The topological polar surface area (TPSA) is 46.5 Å². The first kappa shape index (κ1) is 9.86. The summed E-state index contributed by atoms with van der Waals surface area (Å²) >= 11 is 1.36. The van der Waals surface area contributed by atoms with Crippen LogP contribution in [0, 0.1) is 0 Å². The monoisotopic (exact) mass is 190 g/mol. The zero-order chi connectivity index (χ0) is 9.03. The SMILES string of the molecule is CCC1(CC(=O)O)CCCOS1. The van der Waals surface area contributed by atoms with Crippen LogP contribution in [-0.2, 0) is 8.98 Å². The first-order valence-corrected chi connectivity index (χ1v) is 4.95. The quantitative estimate of drug-likeness (QED) is 0.692. The Labute approximate surface area is 76.7 Å². The lowest BCUT2D eigenvalue weighted by Gasteiger charge is -2.32. The van der Waals surface area contributed by atoms with Crippen LogP contribution in [-0.4, -0.2) is 22.4 Å². The third-order valence-corrected chi connectivity index (χ3v) is 3.49. The molecule has 0 aromatic heterocycles. The summed E-state index contributed by atoms with van der Waals surface area (Å²) in [6.07, 6.45) is 3.02. The number of hydrogen-bond donors (Lipinski definition) is 1. The molecule has 1 rings (SSSR count). The highest BCUT2D eigenvalue weighted by Crippen LogP contribution is 2.40. The number of carboxylic acid groups (broad SMARTS) is 1. The summed E-state index contributed by atoms with van der Waals surface area (Å²) in [5, 5.41) is 8.69. The number of aliphatic carboxylic acids is 1. The molecule has 0 aromatic rings. The van der Waals surface area contributed by atoms with Gasteiger partial charge in [-0.25, -0.2) is 0 Å². The van der Waals surface area contributed by atoms with E-state index in [1.54, 1.807) is 0 Å². The molecular formula is C8H14O3S. The number of carboxylic acids is 1. The van der Waals surface area contributed by atoms with Gasteiger partial charge in [0, 0.05) is 0 Å². The predicted molar refractivity (Wildman–Crippen MR) is 48.1 cm³/mol. The molecule has 0 amide bonds. The minimum absolute atomic E-state index is 0.163. The van der Waals surface area contributed by atoms with Gasteiger partial charge in [-0.2, -0.15) is 0 Å². The van der Waals surface area contributed by atoms with Crippen LogP contribution in [0.15, 0.2) is 0 Å². The van der Waals surface area contributed by atoms with Gasteiger partial charge in [-0.1, -0.05) is 6.92 Å².